The molecule has 0 amide bonds. The highest BCUT2D eigenvalue weighted by atomic mass is 16.4. The van der Waals surface area contributed by atoms with Crippen LogP contribution in [0.15, 0.2) is 0 Å². The lowest BCUT2D eigenvalue weighted by atomic mass is 9.69. The Balaban J connectivity index is 2.69. The number of hydrogen-bond donors (Lipinski definition) is 2. The van der Waals surface area contributed by atoms with E-state index >= 15 is 0 Å². The van der Waals surface area contributed by atoms with Crippen LogP contribution in [0, 0.1) is 11.8 Å². The lowest BCUT2D eigenvalue weighted by molar-refractivity contribution is -0.150. The number of nitrogens with one attached hydrogen (secondary N) is 1. The Hall–Kier alpha value is -0.610. The third-order valence-corrected chi connectivity index (χ3v) is 3.99. The van der Waals surface area contributed by atoms with Gasteiger partial charge in [-0.2, -0.15) is 0 Å². The van der Waals surface area contributed by atoms with Crippen LogP contribution >= 0.6 is 0 Å². The van der Waals surface area contributed by atoms with Gasteiger partial charge in [0.25, 0.3) is 0 Å². The van der Waals surface area contributed by atoms with Crippen LogP contribution in [0.1, 0.15) is 33.1 Å². The standard InChI is InChI=1S/C13H26N2O2/c1-10-5-6-11(2)13(9-10,12(16)17)14-7-8-15(3)4/h10-11,14H,5-9H2,1-4H3,(H,16,17). The van der Waals surface area contributed by atoms with Gasteiger partial charge in [-0.3, -0.25) is 4.79 Å². The maximum Gasteiger partial charge on any atom is 0.324 e. The average molecular weight is 242 g/mol. The van der Waals surface area contributed by atoms with Crippen LogP contribution in [0.3, 0.4) is 0 Å². The minimum absolute atomic E-state index is 0.207. The quantitative estimate of drug-likeness (QED) is 0.765. The first kappa shape index (κ1) is 14.5. The van der Waals surface area contributed by atoms with Crippen molar-refractivity contribution in [2.75, 3.05) is 27.2 Å². The number of aliphatic carboxylic acids is 1. The van der Waals surface area contributed by atoms with E-state index in [0.29, 0.717) is 5.92 Å². The van der Waals surface area contributed by atoms with E-state index in [0.717, 1.165) is 32.4 Å². The Kier molecular flexibility index (Phi) is 4.95. The molecule has 3 unspecified atom stereocenters. The van der Waals surface area contributed by atoms with Gasteiger partial charge in [0, 0.05) is 13.1 Å². The van der Waals surface area contributed by atoms with Gasteiger partial charge in [0.1, 0.15) is 5.54 Å². The summed E-state index contributed by atoms with van der Waals surface area (Å²) in [5.41, 5.74) is -0.715. The molecule has 1 rings (SSSR count). The van der Waals surface area contributed by atoms with Crippen molar-refractivity contribution in [1.82, 2.24) is 10.2 Å². The lowest BCUT2D eigenvalue weighted by Crippen LogP contribution is -2.60. The van der Waals surface area contributed by atoms with E-state index < -0.39 is 11.5 Å². The zero-order chi connectivity index (χ0) is 13.1. The Morgan fingerprint density at radius 1 is 1.41 bits per heavy atom. The fourth-order valence-electron chi connectivity index (χ4n) is 2.76. The number of hydrogen-bond acceptors (Lipinski definition) is 3. The van der Waals surface area contributed by atoms with Crippen molar-refractivity contribution in [1.29, 1.82) is 0 Å². The van der Waals surface area contributed by atoms with E-state index in [4.69, 9.17) is 0 Å². The van der Waals surface area contributed by atoms with Crippen LogP contribution in [0.25, 0.3) is 0 Å². The SMILES string of the molecule is CC1CCC(C)C(NCCN(C)C)(C(=O)O)C1. The lowest BCUT2D eigenvalue weighted by Gasteiger charge is -2.42. The van der Waals surface area contributed by atoms with Crippen molar-refractivity contribution in [3.63, 3.8) is 0 Å². The van der Waals surface area contributed by atoms with Crippen molar-refractivity contribution in [2.24, 2.45) is 11.8 Å². The summed E-state index contributed by atoms with van der Waals surface area (Å²) in [5.74, 6) is 0.0165. The van der Waals surface area contributed by atoms with Crippen LogP contribution in [0.5, 0.6) is 0 Å². The Bertz CT molecular complexity index is 268. The molecule has 1 saturated carbocycles. The summed E-state index contributed by atoms with van der Waals surface area (Å²) in [6.07, 6.45) is 2.89. The third-order valence-electron chi connectivity index (χ3n) is 3.99. The molecule has 0 aromatic rings. The van der Waals surface area contributed by atoms with Crippen LogP contribution in [0.2, 0.25) is 0 Å². The molecule has 17 heavy (non-hydrogen) atoms. The molecular weight excluding hydrogens is 216 g/mol. The molecule has 1 aliphatic carbocycles. The van der Waals surface area contributed by atoms with Crippen LogP contribution in [0.4, 0.5) is 0 Å². The molecular formula is C13H26N2O2. The van der Waals surface area contributed by atoms with Gasteiger partial charge in [-0.25, -0.2) is 0 Å². The molecule has 0 bridgehead atoms. The molecule has 0 spiro atoms. The minimum Gasteiger partial charge on any atom is -0.480 e. The van der Waals surface area contributed by atoms with Gasteiger partial charge in [0.15, 0.2) is 0 Å². The third kappa shape index (κ3) is 3.42. The number of carbonyl (C=O) groups is 1. The van der Waals surface area contributed by atoms with Gasteiger partial charge in [0.2, 0.25) is 0 Å². The molecule has 0 aromatic carbocycles. The number of likely N-dealkylation sites (N-methyl/N-ethyl adjacent to an activating group) is 1. The van der Waals surface area contributed by atoms with Gasteiger partial charge < -0.3 is 15.3 Å². The van der Waals surface area contributed by atoms with Crippen molar-refractivity contribution in [3.8, 4) is 0 Å². The zero-order valence-electron chi connectivity index (χ0n) is 11.5. The predicted octanol–water partition coefficient (Wildman–Crippen LogP) is 1.42. The Morgan fingerprint density at radius 3 is 2.59 bits per heavy atom. The summed E-state index contributed by atoms with van der Waals surface area (Å²) in [6, 6.07) is 0. The van der Waals surface area contributed by atoms with Gasteiger partial charge in [-0.05, 0) is 38.8 Å². The molecule has 3 atom stereocenters. The summed E-state index contributed by atoms with van der Waals surface area (Å²) in [4.78, 5) is 13.7. The maximum absolute atomic E-state index is 11.6. The molecule has 1 aliphatic rings. The second-order valence-corrected chi connectivity index (χ2v) is 5.79. The molecule has 0 aliphatic heterocycles. The van der Waals surface area contributed by atoms with Gasteiger partial charge in [-0.1, -0.05) is 20.3 Å². The van der Waals surface area contributed by atoms with Crippen molar-refractivity contribution < 1.29 is 9.90 Å². The van der Waals surface area contributed by atoms with E-state index in [-0.39, 0.29) is 5.92 Å². The highest BCUT2D eigenvalue weighted by molar-refractivity contribution is 5.79. The molecule has 0 heterocycles. The highest BCUT2D eigenvalue weighted by Crippen LogP contribution is 2.37. The molecule has 0 saturated heterocycles. The molecule has 2 N–H and O–H groups in total. The number of nitrogens with zero attached hydrogens (tertiary/aromatic N) is 1. The van der Waals surface area contributed by atoms with Crippen LogP contribution in [-0.4, -0.2) is 48.7 Å². The van der Waals surface area contributed by atoms with E-state index in [1.807, 2.05) is 14.1 Å². The summed E-state index contributed by atoms with van der Waals surface area (Å²) in [7, 11) is 4.00. The van der Waals surface area contributed by atoms with Crippen LogP contribution in [-0.2, 0) is 4.79 Å². The van der Waals surface area contributed by atoms with Crippen molar-refractivity contribution >= 4 is 5.97 Å². The van der Waals surface area contributed by atoms with Gasteiger partial charge in [-0.15, -0.1) is 0 Å². The molecule has 100 valence electrons. The zero-order valence-corrected chi connectivity index (χ0v) is 11.5. The largest absolute Gasteiger partial charge is 0.480 e. The number of carboxylic acids is 1. The van der Waals surface area contributed by atoms with Crippen LogP contribution < -0.4 is 5.32 Å². The summed E-state index contributed by atoms with van der Waals surface area (Å²) >= 11 is 0. The highest BCUT2D eigenvalue weighted by Gasteiger charge is 2.46. The van der Waals surface area contributed by atoms with Gasteiger partial charge >= 0.3 is 5.97 Å². The van der Waals surface area contributed by atoms with Crippen molar-refractivity contribution in [3.05, 3.63) is 0 Å². The smallest absolute Gasteiger partial charge is 0.324 e. The van der Waals surface area contributed by atoms with E-state index in [1.54, 1.807) is 0 Å². The second kappa shape index (κ2) is 5.83. The minimum atomic E-state index is -0.715. The Labute approximate surface area is 104 Å². The average Bonchev–Trinajstić information content (AvgIpc) is 2.22. The second-order valence-electron chi connectivity index (χ2n) is 5.79. The fourth-order valence-corrected chi connectivity index (χ4v) is 2.76. The first-order valence-electron chi connectivity index (χ1n) is 6.51. The van der Waals surface area contributed by atoms with E-state index in [1.165, 1.54) is 0 Å². The topological polar surface area (TPSA) is 52.6 Å². The van der Waals surface area contributed by atoms with Gasteiger partial charge in [0.05, 0.1) is 0 Å². The molecule has 4 nitrogen and oxygen atoms in total. The molecule has 0 aromatic heterocycles. The van der Waals surface area contributed by atoms with E-state index in [9.17, 15) is 9.90 Å². The summed E-state index contributed by atoms with van der Waals surface area (Å²) in [6.45, 7) is 5.81. The molecule has 1 fully saturated rings. The molecule has 0 radical (unpaired) electrons. The Morgan fingerprint density at radius 2 is 2.06 bits per heavy atom. The monoisotopic (exact) mass is 242 g/mol. The fraction of sp³-hybridized carbons (Fsp3) is 0.923. The number of rotatable bonds is 5. The first-order valence-corrected chi connectivity index (χ1v) is 6.51. The summed E-state index contributed by atoms with van der Waals surface area (Å²) < 4.78 is 0. The molecule has 4 heteroatoms. The van der Waals surface area contributed by atoms with Crippen molar-refractivity contribution in [2.45, 2.75) is 38.6 Å². The number of carboxylic acid groups (broad SMARTS) is 1. The maximum atomic E-state index is 11.6. The predicted molar refractivity (Wildman–Crippen MR) is 69.1 cm³/mol. The first-order chi connectivity index (χ1) is 7.88. The summed E-state index contributed by atoms with van der Waals surface area (Å²) in [5, 5.41) is 12.9. The van der Waals surface area contributed by atoms with E-state index in [2.05, 4.69) is 24.1 Å². The normalized spacial score (nSPS) is 33.9.